The second-order valence-electron chi connectivity index (χ2n) is 4.89. The molecule has 1 rings (SSSR count). The Hall–Kier alpha value is -1.53. The normalized spacial score (nSPS) is 14.4. The highest BCUT2D eigenvalue weighted by molar-refractivity contribution is 5.74. The minimum Gasteiger partial charge on any atom is -0.458 e. The smallest absolute Gasteiger partial charge is 0.435 e. The Morgan fingerprint density at radius 1 is 1.39 bits per heavy atom. The zero-order chi connectivity index (χ0) is 14.1. The van der Waals surface area contributed by atoms with E-state index in [2.05, 4.69) is 5.10 Å². The lowest BCUT2D eigenvalue weighted by Gasteiger charge is -2.22. The summed E-state index contributed by atoms with van der Waals surface area (Å²) in [5, 5.41) is 3.32. The van der Waals surface area contributed by atoms with Crippen LogP contribution in [0.4, 0.5) is 13.2 Å². The van der Waals surface area contributed by atoms with Crippen LogP contribution >= 0.6 is 0 Å². The van der Waals surface area contributed by atoms with Crippen LogP contribution in [0, 0.1) is 0 Å². The number of aromatic nitrogens is 2. The molecule has 1 unspecified atom stereocenters. The van der Waals surface area contributed by atoms with Crippen molar-refractivity contribution in [1.29, 1.82) is 0 Å². The monoisotopic (exact) mass is 264 g/mol. The van der Waals surface area contributed by atoms with Gasteiger partial charge in [-0.15, -0.1) is 0 Å². The van der Waals surface area contributed by atoms with E-state index in [4.69, 9.17) is 4.74 Å². The van der Waals surface area contributed by atoms with Gasteiger partial charge in [-0.3, -0.25) is 4.68 Å². The fourth-order valence-corrected chi connectivity index (χ4v) is 1.20. The Kier molecular flexibility index (Phi) is 3.73. The van der Waals surface area contributed by atoms with Gasteiger partial charge in [-0.05, 0) is 33.8 Å². The highest BCUT2D eigenvalue weighted by Crippen LogP contribution is 2.28. The summed E-state index contributed by atoms with van der Waals surface area (Å²) in [5.41, 5.74) is -1.72. The van der Waals surface area contributed by atoms with Crippen molar-refractivity contribution < 1.29 is 22.7 Å². The Labute approximate surface area is 103 Å². The molecule has 0 saturated carbocycles. The number of hydrogen-bond donors (Lipinski definition) is 0. The number of halogens is 3. The van der Waals surface area contributed by atoms with E-state index in [1.54, 1.807) is 20.8 Å². The van der Waals surface area contributed by atoms with Gasteiger partial charge >= 0.3 is 12.1 Å². The Balaban J connectivity index is 2.82. The first-order valence-electron chi connectivity index (χ1n) is 5.36. The Morgan fingerprint density at radius 3 is 2.33 bits per heavy atom. The first kappa shape index (κ1) is 14.5. The van der Waals surface area contributed by atoms with Crippen molar-refractivity contribution in [3.05, 3.63) is 18.0 Å². The van der Waals surface area contributed by atoms with E-state index in [1.807, 2.05) is 0 Å². The van der Waals surface area contributed by atoms with Crippen molar-refractivity contribution in [2.75, 3.05) is 0 Å². The third kappa shape index (κ3) is 3.75. The summed E-state index contributed by atoms with van der Waals surface area (Å²) < 4.78 is 43.0. The maximum absolute atomic E-state index is 12.3. The third-order valence-corrected chi connectivity index (χ3v) is 2.04. The summed E-state index contributed by atoms with van der Waals surface area (Å²) in [4.78, 5) is 11.7. The largest absolute Gasteiger partial charge is 0.458 e. The van der Waals surface area contributed by atoms with Gasteiger partial charge in [-0.1, -0.05) is 0 Å². The van der Waals surface area contributed by atoms with Gasteiger partial charge in [-0.25, -0.2) is 4.79 Å². The minimum atomic E-state index is -4.51. The number of rotatable bonds is 2. The number of carbonyl (C=O) groups excluding carboxylic acids is 1. The summed E-state index contributed by atoms with van der Waals surface area (Å²) in [6, 6.07) is -0.0822. The lowest BCUT2D eigenvalue weighted by Crippen LogP contribution is -2.29. The van der Waals surface area contributed by atoms with Gasteiger partial charge in [0.2, 0.25) is 0 Å². The number of hydrogen-bond acceptors (Lipinski definition) is 3. The van der Waals surface area contributed by atoms with Crippen molar-refractivity contribution in [3.63, 3.8) is 0 Å². The first-order valence-corrected chi connectivity index (χ1v) is 5.36. The van der Waals surface area contributed by atoms with Crippen LogP contribution < -0.4 is 0 Å². The number of carbonyl (C=O) groups is 1. The Bertz CT molecular complexity index is 432. The number of esters is 1. The van der Waals surface area contributed by atoms with Crippen LogP contribution in [0.3, 0.4) is 0 Å². The second kappa shape index (κ2) is 4.62. The second-order valence-corrected chi connectivity index (χ2v) is 4.89. The minimum absolute atomic E-state index is 0.626. The molecule has 0 aliphatic heterocycles. The van der Waals surface area contributed by atoms with Gasteiger partial charge in [0.15, 0.2) is 5.69 Å². The molecule has 102 valence electrons. The molecule has 0 N–H and O–H groups in total. The highest BCUT2D eigenvalue weighted by atomic mass is 19.4. The van der Waals surface area contributed by atoms with Crippen molar-refractivity contribution in [2.24, 2.45) is 0 Å². The van der Waals surface area contributed by atoms with Gasteiger partial charge in [0.1, 0.15) is 11.6 Å². The van der Waals surface area contributed by atoms with Crippen LogP contribution in [0.25, 0.3) is 0 Å². The van der Waals surface area contributed by atoms with Crippen LogP contribution in [0.2, 0.25) is 0 Å². The SMILES string of the molecule is CC(C(=O)OC(C)(C)C)n1ccc(C(F)(F)F)n1. The van der Waals surface area contributed by atoms with Gasteiger partial charge in [0, 0.05) is 6.20 Å². The maximum Gasteiger partial charge on any atom is 0.435 e. The molecule has 0 amide bonds. The molecule has 0 aliphatic carbocycles. The molecule has 1 aromatic heterocycles. The molecule has 1 atom stereocenters. The van der Waals surface area contributed by atoms with Crippen molar-refractivity contribution in [2.45, 2.75) is 45.5 Å². The van der Waals surface area contributed by atoms with E-state index >= 15 is 0 Å². The van der Waals surface area contributed by atoms with Crippen LogP contribution in [-0.2, 0) is 15.7 Å². The molecular weight excluding hydrogens is 249 g/mol. The van der Waals surface area contributed by atoms with Crippen LogP contribution in [0.5, 0.6) is 0 Å². The van der Waals surface area contributed by atoms with E-state index in [9.17, 15) is 18.0 Å². The summed E-state index contributed by atoms with van der Waals surface area (Å²) in [7, 11) is 0. The van der Waals surface area contributed by atoms with Crippen LogP contribution in [-0.4, -0.2) is 21.4 Å². The molecule has 1 aromatic rings. The molecule has 0 spiro atoms. The molecule has 0 fully saturated rings. The summed E-state index contributed by atoms with van der Waals surface area (Å²) in [5.74, 6) is -0.626. The van der Waals surface area contributed by atoms with Crippen molar-refractivity contribution >= 4 is 5.97 Å². The lowest BCUT2D eigenvalue weighted by molar-refractivity contribution is -0.159. The zero-order valence-electron chi connectivity index (χ0n) is 10.6. The van der Waals surface area contributed by atoms with Crippen LogP contribution in [0.1, 0.15) is 39.4 Å². The third-order valence-electron chi connectivity index (χ3n) is 2.04. The van der Waals surface area contributed by atoms with Crippen molar-refractivity contribution in [1.82, 2.24) is 9.78 Å². The van der Waals surface area contributed by atoms with E-state index in [0.717, 1.165) is 16.9 Å². The predicted molar refractivity (Wildman–Crippen MR) is 57.8 cm³/mol. The molecule has 0 radical (unpaired) electrons. The van der Waals surface area contributed by atoms with Gasteiger partial charge in [-0.2, -0.15) is 18.3 Å². The van der Waals surface area contributed by atoms with Crippen LogP contribution in [0.15, 0.2) is 12.3 Å². The fraction of sp³-hybridized carbons (Fsp3) is 0.636. The molecule has 0 saturated heterocycles. The van der Waals surface area contributed by atoms with Gasteiger partial charge < -0.3 is 4.74 Å². The molecule has 0 aliphatic rings. The van der Waals surface area contributed by atoms with Gasteiger partial charge in [0.25, 0.3) is 0 Å². The Morgan fingerprint density at radius 2 is 1.94 bits per heavy atom. The van der Waals surface area contributed by atoms with Crippen molar-refractivity contribution in [3.8, 4) is 0 Å². The quantitative estimate of drug-likeness (QED) is 0.771. The average Bonchev–Trinajstić information content (AvgIpc) is 2.61. The average molecular weight is 264 g/mol. The topological polar surface area (TPSA) is 44.1 Å². The first-order chi connectivity index (χ1) is 8.00. The van der Waals surface area contributed by atoms with Gasteiger partial charge in [0.05, 0.1) is 0 Å². The predicted octanol–water partition coefficient (Wildman–Crippen LogP) is 2.80. The molecule has 18 heavy (non-hydrogen) atoms. The number of nitrogens with zero attached hydrogens (tertiary/aromatic N) is 2. The maximum atomic E-state index is 12.3. The molecule has 0 bridgehead atoms. The number of ether oxygens (including phenoxy) is 1. The fourth-order valence-electron chi connectivity index (χ4n) is 1.20. The zero-order valence-corrected chi connectivity index (χ0v) is 10.6. The molecule has 0 aromatic carbocycles. The van der Waals surface area contributed by atoms with E-state index in [0.29, 0.717) is 0 Å². The van der Waals surface area contributed by atoms with E-state index in [1.165, 1.54) is 6.92 Å². The standard InChI is InChI=1S/C11H15F3N2O2/c1-7(9(17)18-10(2,3)4)16-6-5-8(15-16)11(12,13)14/h5-7H,1-4H3. The molecule has 4 nitrogen and oxygen atoms in total. The van der Waals surface area contributed by atoms with E-state index < -0.39 is 29.5 Å². The summed E-state index contributed by atoms with van der Waals surface area (Å²) >= 11 is 0. The number of alkyl halides is 3. The molecule has 1 heterocycles. The van der Waals surface area contributed by atoms with E-state index in [-0.39, 0.29) is 0 Å². The molecular formula is C11H15F3N2O2. The lowest BCUT2D eigenvalue weighted by atomic mass is 10.2. The summed E-state index contributed by atoms with van der Waals surface area (Å²) in [6.07, 6.45) is -3.41. The highest BCUT2D eigenvalue weighted by Gasteiger charge is 2.34. The molecule has 7 heteroatoms. The summed E-state index contributed by atoms with van der Waals surface area (Å²) in [6.45, 7) is 6.48.